The summed E-state index contributed by atoms with van der Waals surface area (Å²) >= 11 is 0. The predicted molar refractivity (Wildman–Crippen MR) is 76.7 cm³/mol. The van der Waals surface area contributed by atoms with Gasteiger partial charge in [0.25, 0.3) is 10.0 Å². The Labute approximate surface area is 119 Å². The minimum absolute atomic E-state index is 0.00579. The van der Waals surface area contributed by atoms with Crippen LogP contribution in [0.3, 0.4) is 0 Å². The van der Waals surface area contributed by atoms with Gasteiger partial charge in [-0.1, -0.05) is 13.0 Å². The van der Waals surface area contributed by atoms with Gasteiger partial charge in [0, 0.05) is 30.9 Å². The van der Waals surface area contributed by atoms with Gasteiger partial charge in [0.1, 0.15) is 0 Å². The van der Waals surface area contributed by atoms with Gasteiger partial charge in [-0.05, 0) is 13.5 Å². The lowest BCUT2D eigenvalue weighted by atomic mass is 10.2. The second-order valence-electron chi connectivity index (χ2n) is 4.29. The molecular weight excluding hydrogens is 280 g/mol. The number of hydrogen-bond acceptors (Lipinski definition) is 5. The Kier molecular flexibility index (Phi) is 6.34. The van der Waals surface area contributed by atoms with Crippen molar-refractivity contribution in [3.63, 3.8) is 0 Å². The van der Waals surface area contributed by atoms with Crippen molar-refractivity contribution in [2.24, 2.45) is 0 Å². The van der Waals surface area contributed by atoms with Gasteiger partial charge in [0.2, 0.25) is 0 Å². The quantitative estimate of drug-likeness (QED) is 0.558. The molecule has 0 bridgehead atoms. The van der Waals surface area contributed by atoms with Crippen LogP contribution in [0.15, 0.2) is 17.7 Å². The SMILES string of the molecule is C=CCN(CCO)S(=O)(=O)c1n[nH]c(C)c1CNCC. The van der Waals surface area contributed by atoms with Crippen molar-refractivity contribution in [2.45, 2.75) is 25.4 Å². The van der Waals surface area contributed by atoms with E-state index in [9.17, 15) is 8.42 Å². The number of hydrogen-bond donors (Lipinski definition) is 3. The van der Waals surface area contributed by atoms with Crippen LogP contribution in [0.4, 0.5) is 0 Å². The van der Waals surface area contributed by atoms with Crippen LogP contribution >= 0.6 is 0 Å². The fourth-order valence-corrected chi connectivity index (χ4v) is 3.35. The summed E-state index contributed by atoms with van der Waals surface area (Å²) in [5.74, 6) is 0. The van der Waals surface area contributed by atoms with E-state index < -0.39 is 10.0 Å². The van der Waals surface area contributed by atoms with E-state index in [0.717, 1.165) is 10.8 Å². The molecule has 0 aromatic carbocycles. The van der Waals surface area contributed by atoms with Gasteiger partial charge in [0.05, 0.1) is 6.61 Å². The fourth-order valence-electron chi connectivity index (χ4n) is 1.79. The molecule has 7 nitrogen and oxygen atoms in total. The van der Waals surface area contributed by atoms with Gasteiger partial charge in [0.15, 0.2) is 5.03 Å². The van der Waals surface area contributed by atoms with Crippen LogP contribution in [0.2, 0.25) is 0 Å². The van der Waals surface area contributed by atoms with Crippen molar-refractivity contribution in [3.8, 4) is 0 Å². The molecule has 1 rings (SSSR count). The smallest absolute Gasteiger partial charge is 0.263 e. The third-order valence-corrected chi connectivity index (χ3v) is 4.69. The Morgan fingerprint density at radius 2 is 2.25 bits per heavy atom. The summed E-state index contributed by atoms with van der Waals surface area (Å²) < 4.78 is 26.3. The molecule has 0 atom stereocenters. The highest BCUT2D eigenvalue weighted by Crippen LogP contribution is 2.20. The maximum Gasteiger partial charge on any atom is 0.263 e. The van der Waals surface area contributed by atoms with Crippen LogP contribution in [0.5, 0.6) is 0 Å². The molecular formula is C12H22N4O3S. The van der Waals surface area contributed by atoms with Crippen LogP contribution < -0.4 is 5.32 Å². The van der Waals surface area contributed by atoms with E-state index in [-0.39, 0.29) is 24.7 Å². The van der Waals surface area contributed by atoms with E-state index in [0.29, 0.717) is 17.8 Å². The zero-order valence-corrected chi connectivity index (χ0v) is 12.7. The summed E-state index contributed by atoms with van der Waals surface area (Å²) in [5, 5.41) is 18.7. The number of aryl methyl sites for hydroxylation is 1. The molecule has 0 aliphatic heterocycles. The minimum atomic E-state index is -3.75. The van der Waals surface area contributed by atoms with Crippen molar-refractivity contribution < 1.29 is 13.5 Å². The van der Waals surface area contributed by atoms with E-state index in [4.69, 9.17) is 5.11 Å². The molecule has 0 amide bonds. The van der Waals surface area contributed by atoms with E-state index in [1.165, 1.54) is 6.08 Å². The molecule has 0 radical (unpaired) electrons. The maximum atomic E-state index is 12.6. The topological polar surface area (TPSA) is 98.3 Å². The second-order valence-corrected chi connectivity index (χ2v) is 6.14. The zero-order valence-electron chi connectivity index (χ0n) is 11.9. The van der Waals surface area contributed by atoms with Crippen LogP contribution in [-0.4, -0.2) is 54.3 Å². The average molecular weight is 302 g/mol. The Morgan fingerprint density at radius 1 is 1.55 bits per heavy atom. The summed E-state index contributed by atoms with van der Waals surface area (Å²) in [6.07, 6.45) is 1.48. The van der Waals surface area contributed by atoms with Crippen LogP contribution in [0.1, 0.15) is 18.2 Å². The van der Waals surface area contributed by atoms with Crippen LogP contribution in [0, 0.1) is 6.92 Å². The maximum absolute atomic E-state index is 12.6. The molecule has 0 aliphatic rings. The monoisotopic (exact) mass is 302 g/mol. The summed E-state index contributed by atoms with van der Waals surface area (Å²) in [4.78, 5) is 0. The Hall–Kier alpha value is -1.22. The lowest BCUT2D eigenvalue weighted by Crippen LogP contribution is -2.34. The van der Waals surface area contributed by atoms with Crippen molar-refractivity contribution in [3.05, 3.63) is 23.9 Å². The molecule has 1 aromatic heterocycles. The van der Waals surface area contributed by atoms with Gasteiger partial charge in [-0.2, -0.15) is 9.40 Å². The first-order valence-electron chi connectivity index (χ1n) is 6.45. The summed E-state index contributed by atoms with van der Waals surface area (Å²) in [7, 11) is -3.75. The Balaban J connectivity index is 3.16. The molecule has 0 unspecified atom stereocenters. The minimum Gasteiger partial charge on any atom is -0.395 e. The lowest BCUT2D eigenvalue weighted by Gasteiger charge is -2.19. The van der Waals surface area contributed by atoms with Gasteiger partial charge < -0.3 is 10.4 Å². The highest BCUT2D eigenvalue weighted by Gasteiger charge is 2.29. The number of sulfonamides is 1. The standard InChI is InChI=1S/C12H22N4O3S/c1-4-6-16(7-8-17)20(18,19)12-11(9-13-5-2)10(3)14-15-12/h4,13,17H,1,5-9H2,2-3H3,(H,14,15). The molecule has 1 aromatic rings. The first kappa shape index (κ1) is 16.8. The van der Waals surface area contributed by atoms with Crippen molar-refractivity contribution in [1.29, 1.82) is 0 Å². The van der Waals surface area contributed by atoms with Crippen LogP contribution in [-0.2, 0) is 16.6 Å². The van der Waals surface area contributed by atoms with Crippen LogP contribution in [0.25, 0.3) is 0 Å². The van der Waals surface area contributed by atoms with E-state index >= 15 is 0 Å². The third kappa shape index (κ3) is 3.66. The third-order valence-electron chi connectivity index (χ3n) is 2.85. The van der Waals surface area contributed by atoms with Crippen molar-refractivity contribution in [1.82, 2.24) is 19.8 Å². The largest absolute Gasteiger partial charge is 0.395 e. The van der Waals surface area contributed by atoms with E-state index in [1.54, 1.807) is 6.92 Å². The Morgan fingerprint density at radius 3 is 2.80 bits per heavy atom. The van der Waals surface area contributed by atoms with Gasteiger partial charge in [-0.15, -0.1) is 6.58 Å². The van der Waals surface area contributed by atoms with Crippen molar-refractivity contribution in [2.75, 3.05) is 26.2 Å². The molecule has 114 valence electrons. The summed E-state index contributed by atoms with van der Waals surface area (Å²) in [6, 6.07) is 0. The molecule has 3 N–H and O–H groups in total. The predicted octanol–water partition coefficient (Wildman–Crippen LogP) is -0.00338. The summed E-state index contributed by atoms with van der Waals surface area (Å²) in [5.41, 5.74) is 1.34. The molecule has 0 fully saturated rings. The Bertz CT molecular complexity index is 539. The molecule has 0 aliphatic carbocycles. The normalized spacial score (nSPS) is 12.0. The number of H-pyrrole nitrogens is 1. The number of aromatic nitrogens is 2. The highest BCUT2D eigenvalue weighted by molar-refractivity contribution is 7.89. The zero-order chi connectivity index (χ0) is 15.2. The second kappa shape index (κ2) is 7.53. The molecule has 1 heterocycles. The van der Waals surface area contributed by atoms with Crippen molar-refractivity contribution >= 4 is 10.0 Å². The number of rotatable bonds is 9. The van der Waals surface area contributed by atoms with Gasteiger partial charge in [-0.3, -0.25) is 5.10 Å². The number of aliphatic hydroxyl groups excluding tert-OH is 1. The molecule has 0 saturated heterocycles. The molecule has 8 heteroatoms. The fraction of sp³-hybridized carbons (Fsp3) is 0.583. The number of nitrogens with one attached hydrogen (secondary N) is 2. The first-order valence-corrected chi connectivity index (χ1v) is 7.89. The number of aromatic amines is 1. The molecule has 0 spiro atoms. The average Bonchev–Trinajstić information content (AvgIpc) is 2.78. The summed E-state index contributed by atoms with van der Waals surface area (Å²) in [6.45, 7) is 8.32. The van der Waals surface area contributed by atoms with E-state index in [2.05, 4.69) is 22.1 Å². The highest BCUT2D eigenvalue weighted by atomic mass is 32.2. The molecule has 20 heavy (non-hydrogen) atoms. The lowest BCUT2D eigenvalue weighted by molar-refractivity contribution is 0.260. The van der Waals surface area contributed by atoms with Gasteiger partial charge >= 0.3 is 0 Å². The number of aliphatic hydroxyl groups is 1. The first-order chi connectivity index (χ1) is 9.48. The van der Waals surface area contributed by atoms with E-state index in [1.807, 2.05) is 6.92 Å². The number of nitrogens with zero attached hydrogens (tertiary/aromatic N) is 2. The molecule has 0 saturated carbocycles. The van der Waals surface area contributed by atoms with Gasteiger partial charge in [-0.25, -0.2) is 8.42 Å².